The second-order valence-corrected chi connectivity index (χ2v) is 7.39. The van der Waals surface area contributed by atoms with Gasteiger partial charge < -0.3 is 10.0 Å². The minimum Gasteiger partial charge on any atom is -0.393 e. The van der Waals surface area contributed by atoms with Crippen LogP contribution in [-0.4, -0.2) is 35.7 Å². The van der Waals surface area contributed by atoms with E-state index in [-0.39, 0.29) is 6.10 Å². The lowest BCUT2D eigenvalue weighted by atomic mass is 9.68. The molecule has 0 spiro atoms. The lowest BCUT2D eigenvalue weighted by molar-refractivity contribution is -0.00351. The fourth-order valence-electron chi connectivity index (χ4n) is 3.47. The molecule has 0 aliphatic heterocycles. The van der Waals surface area contributed by atoms with Gasteiger partial charge in [-0.05, 0) is 56.4 Å². The highest BCUT2D eigenvalue weighted by molar-refractivity contribution is 4.92. The number of hydrogen-bond acceptors (Lipinski definition) is 2. The molecule has 0 amide bonds. The molecule has 0 aromatic carbocycles. The van der Waals surface area contributed by atoms with Crippen molar-refractivity contribution in [2.75, 3.05) is 13.6 Å². The first kappa shape index (κ1) is 13.4. The van der Waals surface area contributed by atoms with Gasteiger partial charge in [-0.3, -0.25) is 0 Å². The molecule has 0 saturated heterocycles. The predicted octanol–water partition coefficient (Wildman–Crippen LogP) is 2.90. The van der Waals surface area contributed by atoms with Crippen LogP contribution >= 0.6 is 0 Å². The molecule has 2 saturated carbocycles. The highest BCUT2D eigenvalue weighted by Crippen LogP contribution is 2.41. The second kappa shape index (κ2) is 4.89. The van der Waals surface area contributed by atoms with Crippen molar-refractivity contribution < 1.29 is 5.11 Å². The number of aliphatic hydroxyl groups excluding tert-OH is 1. The number of aliphatic hydroxyl groups is 1. The first-order chi connectivity index (χ1) is 7.88. The monoisotopic (exact) mass is 239 g/mol. The molecular formula is C15H29NO. The zero-order valence-electron chi connectivity index (χ0n) is 11.9. The summed E-state index contributed by atoms with van der Waals surface area (Å²) in [6.07, 6.45) is 5.92. The Bertz CT molecular complexity index is 254. The van der Waals surface area contributed by atoms with Crippen molar-refractivity contribution in [3.63, 3.8) is 0 Å². The molecule has 3 atom stereocenters. The average molecular weight is 239 g/mol. The maximum Gasteiger partial charge on any atom is 0.0555 e. The van der Waals surface area contributed by atoms with E-state index in [2.05, 4.69) is 32.7 Å². The molecule has 0 heterocycles. The van der Waals surface area contributed by atoms with E-state index >= 15 is 0 Å². The van der Waals surface area contributed by atoms with Gasteiger partial charge in [0.2, 0.25) is 0 Å². The van der Waals surface area contributed by atoms with Crippen LogP contribution in [0.5, 0.6) is 0 Å². The van der Waals surface area contributed by atoms with Crippen LogP contribution in [0.15, 0.2) is 0 Å². The number of hydrogen-bond donors (Lipinski definition) is 1. The summed E-state index contributed by atoms with van der Waals surface area (Å²) in [7, 11) is 2.26. The zero-order valence-corrected chi connectivity index (χ0v) is 11.9. The lowest BCUT2D eigenvalue weighted by Crippen LogP contribution is -2.48. The fourth-order valence-corrected chi connectivity index (χ4v) is 3.47. The Labute approximate surface area is 106 Å². The van der Waals surface area contributed by atoms with Crippen molar-refractivity contribution in [3.05, 3.63) is 0 Å². The molecule has 3 unspecified atom stereocenters. The number of nitrogens with zero attached hydrogens (tertiary/aromatic N) is 1. The van der Waals surface area contributed by atoms with Crippen molar-refractivity contribution in [1.29, 1.82) is 0 Å². The molecule has 0 bridgehead atoms. The Hall–Kier alpha value is -0.0800. The van der Waals surface area contributed by atoms with Crippen LogP contribution in [0.1, 0.15) is 52.9 Å². The maximum atomic E-state index is 9.94. The summed E-state index contributed by atoms with van der Waals surface area (Å²) >= 11 is 0. The lowest BCUT2D eigenvalue weighted by Gasteiger charge is -2.46. The van der Waals surface area contributed by atoms with Gasteiger partial charge in [-0.2, -0.15) is 0 Å². The Balaban J connectivity index is 2.01. The Morgan fingerprint density at radius 2 is 1.76 bits per heavy atom. The van der Waals surface area contributed by atoms with Crippen LogP contribution in [0.3, 0.4) is 0 Å². The summed E-state index contributed by atoms with van der Waals surface area (Å²) in [4.78, 5) is 2.54. The van der Waals surface area contributed by atoms with Crippen molar-refractivity contribution in [2.24, 2.45) is 17.3 Å². The first-order valence-corrected chi connectivity index (χ1v) is 7.26. The minimum atomic E-state index is -0.0692. The van der Waals surface area contributed by atoms with Crippen molar-refractivity contribution in [1.82, 2.24) is 4.90 Å². The van der Waals surface area contributed by atoms with Gasteiger partial charge in [-0.1, -0.05) is 20.8 Å². The molecule has 2 heteroatoms. The molecule has 2 aliphatic carbocycles. The van der Waals surface area contributed by atoms with E-state index in [1.807, 2.05) is 0 Å². The molecule has 2 rings (SSSR count). The zero-order chi connectivity index (χ0) is 12.6. The highest BCUT2D eigenvalue weighted by Gasteiger charge is 2.39. The van der Waals surface area contributed by atoms with Gasteiger partial charge in [0.15, 0.2) is 0 Å². The van der Waals surface area contributed by atoms with Gasteiger partial charge >= 0.3 is 0 Å². The maximum absolute atomic E-state index is 9.94. The van der Waals surface area contributed by atoms with Crippen molar-refractivity contribution >= 4 is 0 Å². The normalized spacial score (nSPS) is 35.3. The van der Waals surface area contributed by atoms with Gasteiger partial charge in [0.05, 0.1) is 6.10 Å². The van der Waals surface area contributed by atoms with Crippen LogP contribution in [0.2, 0.25) is 0 Å². The molecule has 2 aliphatic rings. The first-order valence-electron chi connectivity index (χ1n) is 7.26. The summed E-state index contributed by atoms with van der Waals surface area (Å²) in [5.74, 6) is 1.68. The molecule has 1 N–H and O–H groups in total. The molecule has 0 aromatic rings. The summed E-state index contributed by atoms with van der Waals surface area (Å²) in [5.41, 5.74) is 0.364. The van der Waals surface area contributed by atoms with E-state index in [4.69, 9.17) is 0 Å². The average Bonchev–Trinajstić information content (AvgIpc) is 2.99. The van der Waals surface area contributed by atoms with Crippen LogP contribution in [0, 0.1) is 17.3 Å². The van der Waals surface area contributed by atoms with Gasteiger partial charge in [-0.25, -0.2) is 0 Å². The third-order valence-corrected chi connectivity index (χ3v) is 4.71. The predicted molar refractivity (Wildman–Crippen MR) is 71.9 cm³/mol. The van der Waals surface area contributed by atoms with Gasteiger partial charge in [0.1, 0.15) is 0 Å². The molecule has 2 nitrogen and oxygen atoms in total. The fraction of sp³-hybridized carbons (Fsp3) is 1.00. The topological polar surface area (TPSA) is 23.5 Å². The molecule has 17 heavy (non-hydrogen) atoms. The van der Waals surface area contributed by atoms with E-state index in [0.29, 0.717) is 11.5 Å². The largest absolute Gasteiger partial charge is 0.393 e. The van der Waals surface area contributed by atoms with E-state index in [9.17, 15) is 5.11 Å². The quantitative estimate of drug-likeness (QED) is 0.818. The third kappa shape index (κ3) is 3.45. The molecule has 100 valence electrons. The summed E-state index contributed by atoms with van der Waals surface area (Å²) in [5, 5.41) is 9.94. The van der Waals surface area contributed by atoms with E-state index in [1.165, 1.54) is 25.8 Å². The van der Waals surface area contributed by atoms with Crippen LogP contribution in [0.4, 0.5) is 0 Å². The smallest absolute Gasteiger partial charge is 0.0555 e. The summed E-state index contributed by atoms with van der Waals surface area (Å²) in [6.45, 7) is 8.30. The Morgan fingerprint density at radius 3 is 2.29 bits per heavy atom. The van der Waals surface area contributed by atoms with Crippen molar-refractivity contribution in [3.8, 4) is 0 Å². The van der Waals surface area contributed by atoms with Gasteiger partial charge in [-0.15, -0.1) is 0 Å². The second-order valence-electron chi connectivity index (χ2n) is 7.39. The Kier molecular flexibility index (Phi) is 3.84. The minimum absolute atomic E-state index is 0.0692. The van der Waals surface area contributed by atoms with Crippen molar-refractivity contribution in [2.45, 2.75) is 65.0 Å². The standard InChI is InChI=1S/C15H29NO/c1-15(2,3)13-8-7-12(17)9-14(13)16(4)10-11-5-6-11/h11-14,17H,5-10H2,1-4H3. The van der Waals surface area contributed by atoms with Crippen LogP contribution < -0.4 is 0 Å². The number of rotatable bonds is 3. The summed E-state index contributed by atoms with van der Waals surface area (Å²) < 4.78 is 0. The molecular weight excluding hydrogens is 210 g/mol. The Morgan fingerprint density at radius 1 is 1.12 bits per heavy atom. The van der Waals surface area contributed by atoms with Gasteiger partial charge in [0, 0.05) is 12.6 Å². The molecule has 0 radical (unpaired) electrons. The highest BCUT2D eigenvalue weighted by atomic mass is 16.3. The molecule has 2 fully saturated rings. The van der Waals surface area contributed by atoms with E-state index < -0.39 is 0 Å². The molecule has 0 aromatic heterocycles. The van der Waals surface area contributed by atoms with E-state index in [1.54, 1.807) is 0 Å². The summed E-state index contributed by atoms with van der Waals surface area (Å²) in [6, 6.07) is 0.583. The van der Waals surface area contributed by atoms with Crippen LogP contribution in [-0.2, 0) is 0 Å². The third-order valence-electron chi connectivity index (χ3n) is 4.71. The van der Waals surface area contributed by atoms with Crippen LogP contribution in [0.25, 0.3) is 0 Å². The van der Waals surface area contributed by atoms with E-state index in [0.717, 1.165) is 24.7 Å². The van der Waals surface area contributed by atoms with Gasteiger partial charge in [0.25, 0.3) is 0 Å². The SMILES string of the molecule is CN(CC1CC1)C1CC(O)CCC1C(C)(C)C.